The number of nitrogens with zero attached hydrogens (tertiary/aromatic N) is 2. The van der Waals surface area contributed by atoms with Crippen LogP contribution in [0.25, 0.3) is 0 Å². The maximum atomic E-state index is 13.0. The molecule has 88 valence electrons. The van der Waals surface area contributed by atoms with Gasteiger partial charge in [0.1, 0.15) is 11.6 Å². The average molecular weight is 234 g/mol. The third-order valence-electron chi connectivity index (χ3n) is 2.06. The molecule has 0 atom stereocenters. The number of benzene rings is 1. The number of nitrogens with two attached hydrogens (primary N) is 1. The van der Waals surface area contributed by atoms with Crippen molar-refractivity contribution in [3.63, 3.8) is 0 Å². The second-order valence-corrected chi connectivity index (χ2v) is 3.39. The fourth-order valence-corrected chi connectivity index (χ4v) is 1.24. The molecule has 0 fully saturated rings. The molecule has 17 heavy (non-hydrogen) atoms. The molecule has 0 saturated carbocycles. The van der Waals surface area contributed by atoms with Crippen LogP contribution in [0.3, 0.4) is 0 Å². The number of nitrogens with one attached hydrogen (secondary N) is 1. The Labute approximate surface area is 97.4 Å². The molecule has 2 aromatic rings. The second kappa shape index (κ2) is 4.75. The molecule has 0 aliphatic carbocycles. The summed E-state index contributed by atoms with van der Waals surface area (Å²) in [7, 11) is 0. The van der Waals surface area contributed by atoms with Crippen LogP contribution in [-0.4, -0.2) is 9.97 Å². The number of hydrazine groups is 1. The molecule has 0 bridgehead atoms. The molecule has 1 aromatic heterocycles. The van der Waals surface area contributed by atoms with Crippen molar-refractivity contribution in [2.45, 2.75) is 6.92 Å². The number of aromatic nitrogens is 2. The first kappa shape index (κ1) is 11.3. The third kappa shape index (κ3) is 2.67. The van der Waals surface area contributed by atoms with E-state index in [-0.39, 0.29) is 11.8 Å². The number of halogens is 1. The number of ether oxygens (including phenoxy) is 1. The summed E-state index contributed by atoms with van der Waals surface area (Å²) in [6.45, 7) is 1.79. The van der Waals surface area contributed by atoms with Gasteiger partial charge < -0.3 is 4.74 Å². The van der Waals surface area contributed by atoms with E-state index in [0.29, 0.717) is 11.6 Å². The van der Waals surface area contributed by atoms with Gasteiger partial charge in [-0.1, -0.05) is 6.07 Å². The Kier molecular flexibility index (Phi) is 3.15. The quantitative estimate of drug-likeness (QED) is 0.627. The van der Waals surface area contributed by atoms with Gasteiger partial charge in [-0.05, 0) is 19.1 Å². The van der Waals surface area contributed by atoms with Crippen molar-refractivity contribution in [3.05, 3.63) is 41.8 Å². The maximum Gasteiger partial charge on any atom is 0.240 e. The van der Waals surface area contributed by atoms with Crippen LogP contribution < -0.4 is 16.0 Å². The van der Waals surface area contributed by atoms with Crippen molar-refractivity contribution < 1.29 is 9.13 Å². The van der Waals surface area contributed by atoms with E-state index in [1.165, 1.54) is 12.1 Å². The van der Waals surface area contributed by atoms with Gasteiger partial charge in [0.25, 0.3) is 0 Å². The molecule has 0 saturated heterocycles. The zero-order valence-electron chi connectivity index (χ0n) is 9.14. The van der Waals surface area contributed by atoms with Crippen LogP contribution in [0, 0.1) is 12.7 Å². The summed E-state index contributed by atoms with van der Waals surface area (Å²) in [4.78, 5) is 7.94. The highest BCUT2D eigenvalue weighted by molar-refractivity contribution is 5.35. The summed E-state index contributed by atoms with van der Waals surface area (Å²) < 4.78 is 18.4. The van der Waals surface area contributed by atoms with E-state index in [2.05, 4.69) is 15.4 Å². The van der Waals surface area contributed by atoms with Gasteiger partial charge in [0.2, 0.25) is 11.8 Å². The first-order chi connectivity index (χ1) is 8.19. The Bertz CT molecular complexity index is 533. The second-order valence-electron chi connectivity index (χ2n) is 3.39. The summed E-state index contributed by atoms with van der Waals surface area (Å²) in [6.07, 6.45) is 1.57. The van der Waals surface area contributed by atoms with Gasteiger partial charge in [-0.3, -0.25) is 5.43 Å². The molecule has 5 nitrogen and oxygen atoms in total. The van der Waals surface area contributed by atoms with Crippen molar-refractivity contribution >= 4 is 5.95 Å². The normalized spacial score (nSPS) is 10.1. The Morgan fingerprint density at radius 3 is 2.94 bits per heavy atom. The van der Waals surface area contributed by atoms with E-state index in [0.717, 1.165) is 5.56 Å². The number of aryl methyl sites for hydroxylation is 1. The lowest BCUT2D eigenvalue weighted by molar-refractivity contribution is 0.453. The topological polar surface area (TPSA) is 73.1 Å². The van der Waals surface area contributed by atoms with Crippen LogP contribution in [-0.2, 0) is 0 Å². The Balaban J connectivity index is 2.29. The third-order valence-corrected chi connectivity index (χ3v) is 2.06. The minimum Gasteiger partial charge on any atom is -0.438 e. The van der Waals surface area contributed by atoms with E-state index in [9.17, 15) is 4.39 Å². The van der Waals surface area contributed by atoms with Crippen molar-refractivity contribution in [1.29, 1.82) is 0 Å². The lowest BCUT2D eigenvalue weighted by Crippen LogP contribution is -2.11. The first-order valence-corrected chi connectivity index (χ1v) is 4.92. The molecule has 1 aromatic carbocycles. The lowest BCUT2D eigenvalue weighted by atomic mass is 10.3. The molecule has 0 aliphatic rings. The fraction of sp³-hybridized carbons (Fsp3) is 0.0909. The number of anilines is 1. The highest BCUT2D eigenvalue weighted by atomic mass is 19.1. The largest absolute Gasteiger partial charge is 0.438 e. The summed E-state index contributed by atoms with van der Waals surface area (Å²) >= 11 is 0. The van der Waals surface area contributed by atoms with Gasteiger partial charge in [0.15, 0.2) is 0 Å². The number of nitrogen functional groups attached to an aromatic ring is 1. The van der Waals surface area contributed by atoms with Crippen molar-refractivity contribution in [3.8, 4) is 11.6 Å². The molecule has 3 N–H and O–H groups in total. The molecular formula is C11H11FN4O. The molecule has 0 radical (unpaired) electrons. The fourth-order valence-electron chi connectivity index (χ4n) is 1.24. The van der Waals surface area contributed by atoms with Crippen LogP contribution in [0.15, 0.2) is 30.5 Å². The molecule has 2 rings (SSSR count). The van der Waals surface area contributed by atoms with Crippen LogP contribution in [0.2, 0.25) is 0 Å². The SMILES string of the molecule is Cc1cnc(NN)nc1Oc1cccc(F)c1. The van der Waals surface area contributed by atoms with Crippen molar-refractivity contribution in [2.75, 3.05) is 5.43 Å². The average Bonchev–Trinajstić information content (AvgIpc) is 2.32. The molecule has 0 unspecified atom stereocenters. The number of hydrogen-bond acceptors (Lipinski definition) is 5. The lowest BCUT2D eigenvalue weighted by Gasteiger charge is -2.08. The molecule has 1 heterocycles. The van der Waals surface area contributed by atoms with Gasteiger partial charge >= 0.3 is 0 Å². The van der Waals surface area contributed by atoms with E-state index in [1.807, 2.05) is 0 Å². The zero-order chi connectivity index (χ0) is 12.3. The highest BCUT2D eigenvalue weighted by Crippen LogP contribution is 2.23. The predicted octanol–water partition coefficient (Wildman–Crippen LogP) is 2.00. The molecular weight excluding hydrogens is 223 g/mol. The summed E-state index contributed by atoms with van der Waals surface area (Å²) in [5, 5.41) is 0. The summed E-state index contributed by atoms with van der Waals surface area (Å²) in [5.74, 6) is 5.77. The molecule has 0 spiro atoms. The predicted molar refractivity (Wildman–Crippen MR) is 61.1 cm³/mol. The molecule has 0 amide bonds. The van der Waals surface area contributed by atoms with Crippen LogP contribution in [0.5, 0.6) is 11.6 Å². The zero-order valence-corrected chi connectivity index (χ0v) is 9.14. The Morgan fingerprint density at radius 2 is 2.24 bits per heavy atom. The Morgan fingerprint density at radius 1 is 1.41 bits per heavy atom. The van der Waals surface area contributed by atoms with E-state index < -0.39 is 0 Å². The van der Waals surface area contributed by atoms with Gasteiger partial charge in [0, 0.05) is 17.8 Å². The van der Waals surface area contributed by atoms with Gasteiger partial charge in [-0.25, -0.2) is 15.2 Å². The number of hydrogen-bond donors (Lipinski definition) is 2. The Hall–Kier alpha value is -2.21. The van der Waals surface area contributed by atoms with Crippen molar-refractivity contribution in [1.82, 2.24) is 9.97 Å². The maximum absolute atomic E-state index is 13.0. The minimum absolute atomic E-state index is 0.238. The van der Waals surface area contributed by atoms with Gasteiger partial charge in [0.05, 0.1) is 0 Å². The first-order valence-electron chi connectivity index (χ1n) is 4.92. The monoisotopic (exact) mass is 234 g/mol. The standard InChI is InChI=1S/C11H11FN4O/c1-7-6-14-11(16-13)15-10(7)17-9-4-2-3-8(12)5-9/h2-6H,13H2,1H3,(H,14,15,16). The minimum atomic E-state index is -0.369. The van der Waals surface area contributed by atoms with Gasteiger partial charge in [-0.2, -0.15) is 4.98 Å². The van der Waals surface area contributed by atoms with Crippen LogP contribution in [0.4, 0.5) is 10.3 Å². The van der Waals surface area contributed by atoms with E-state index in [1.54, 1.807) is 25.3 Å². The highest BCUT2D eigenvalue weighted by Gasteiger charge is 2.06. The van der Waals surface area contributed by atoms with Gasteiger partial charge in [-0.15, -0.1) is 0 Å². The number of rotatable bonds is 3. The van der Waals surface area contributed by atoms with E-state index >= 15 is 0 Å². The summed E-state index contributed by atoms with van der Waals surface area (Å²) in [5.41, 5.74) is 3.05. The van der Waals surface area contributed by atoms with Crippen molar-refractivity contribution in [2.24, 2.45) is 5.84 Å². The van der Waals surface area contributed by atoms with E-state index in [4.69, 9.17) is 10.6 Å². The molecule has 0 aliphatic heterocycles. The van der Waals surface area contributed by atoms with Crippen LogP contribution >= 0.6 is 0 Å². The van der Waals surface area contributed by atoms with Crippen LogP contribution in [0.1, 0.15) is 5.56 Å². The molecule has 6 heteroatoms. The summed E-state index contributed by atoms with van der Waals surface area (Å²) in [6, 6.07) is 5.81. The smallest absolute Gasteiger partial charge is 0.240 e.